The van der Waals surface area contributed by atoms with Crippen molar-refractivity contribution in [3.63, 3.8) is 0 Å². The Morgan fingerprint density at radius 2 is 1.71 bits per heavy atom. The zero-order valence-corrected chi connectivity index (χ0v) is 17.8. The number of benzene rings is 3. The second-order valence-corrected chi connectivity index (χ2v) is 9.17. The van der Waals surface area contributed by atoms with E-state index in [1.807, 2.05) is 42.6 Å². The van der Waals surface area contributed by atoms with E-state index in [1.165, 1.54) is 6.07 Å². The average molecular weight is 434 g/mol. The van der Waals surface area contributed by atoms with Crippen LogP contribution >= 0.6 is 0 Å². The second-order valence-electron chi connectivity index (χ2n) is 7.42. The molecule has 158 valence electrons. The Hall–Kier alpha value is -3.58. The monoisotopic (exact) mass is 433 g/mol. The van der Waals surface area contributed by atoms with Gasteiger partial charge in [0.15, 0.2) is 0 Å². The van der Waals surface area contributed by atoms with Crippen molar-refractivity contribution in [2.75, 3.05) is 17.5 Å². The Morgan fingerprint density at radius 1 is 0.968 bits per heavy atom. The fraction of sp³-hybridized carbons (Fsp3) is 0.125. The molecule has 4 aromatic rings. The van der Waals surface area contributed by atoms with Crippen molar-refractivity contribution in [1.29, 1.82) is 0 Å². The summed E-state index contributed by atoms with van der Waals surface area (Å²) < 4.78 is 25.4. The van der Waals surface area contributed by atoms with Gasteiger partial charge >= 0.3 is 0 Å². The number of anilines is 1. The number of sulfonamides is 1. The highest BCUT2D eigenvalue weighted by molar-refractivity contribution is 7.92. The first-order chi connectivity index (χ1) is 14.9. The summed E-state index contributed by atoms with van der Waals surface area (Å²) >= 11 is 0. The van der Waals surface area contributed by atoms with Gasteiger partial charge in [-0.15, -0.1) is 0 Å². The van der Waals surface area contributed by atoms with Crippen LogP contribution in [0.2, 0.25) is 0 Å². The number of para-hydroxylation sites is 1. The van der Waals surface area contributed by atoms with E-state index in [0.717, 1.165) is 28.3 Å². The lowest BCUT2D eigenvalue weighted by atomic mass is 9.91. The molecule has 3 aromatic carbocycles. The first-order valence-corrected chi connectivity index (χ1v) is 11.8. The highest BCUT2D eigenvalue weighted by Crippen LogP contribution is 2.30. The van der Waals surface area contributed by atoms with Crippen molar-refractivity contribution in [3.8, 4) is 0 Å². The van der Waals surface area contributed by atoms with E-state index in [-0.39, 0.29) is 11.8 Å². The Balaban J connectivity index is 1.59. The van der Waals surface area contributed by atoms with E-state index in [4.69, 9.17) is 0 Å². The van der Waals surface area contributed by atoms with Crippen LogP contribution in [-0.4, -0.2) is 32.1 Å². The van der Waals surface area contributed by atoms with E-state index in [9.17, 15) is 13.2 Å². The van der Waals surface area contributed by atoms with E-state index in [1.54, 1.807) is 18.2 Å². The summed E-state index contributed by atoms with van der Waals surface area (Å²) in [6.45, 7) is 0.397. The zero-order chi connectivity index (χ0) is 21.8. The van der Waals surface area contributed by atoms with Crippen LogP contribution in [0.15, 0.2) is 85.1 Å². The molecule has 31 heavy (non-hydrogen) atoms. The van der Waals surface area contributed by atoms with Crippen LogP contribution in [0.25, 0.3) is 10.9 Å². The quantitative estimate of drug-likeness (QED) is 0.410. The van der Waals surface area contributed by atoms with Crippen molar-refractivity contribution >= 4 is 32.5 Å². The maximum Gasteiger partial charge on any atom is 0.251 e. The summed E-state index contributed by atoms with van der Waals surface area (Å²) in [5, 5.41) is 4.13. The lowest BCUT2D eigenvalue weighted by Crippen LogP contribution is -2.29. The number of amides is 1. The Morgan fingerprint density at radius 3 is 2.48 bits per heavy atom. The van der Waals surface area contributed by atoms with Gasteiger partial charge in [0.2, 0.25) is 10.0 Å². The molecule has 0 aliphatic rings. The van der Waals surface area contributed by atoms with Crippen LogP contribution in [0, 0.1) is 0 Å². The van der Waals surface area contributed by atoms with Gasteiger partial charge in [0.05, 0.1) is 6.26 Å². The lowest BCUT2D eigenvalue weighted by molar-refractivity contribution is 0.0952. The van der Waals surface area contributed by atoms with Crippen LogP contribution < -0.4 is 10.0 Å². The first-order valence-electron chi connectivity index (χ1n) is 9.88. The van der Waals surface area contributed by atoms with Gasteiger partial charge in [0, 0.05) is 40.8 Å². The molecule has 0 spiro atoms. The molecule has 0 bridgehead atoms. The van der Waals surface area contributed by atoms with Gasteiger partial charge in [-0.1, -0.05) is 54.6 Å². The maximum atomic E-state index is 12.8. The minimum absolute atomic E-state index is 0.0429. The molecule has 4 rings (SSSR count). The van der Waals surface area contributed by atoms with E-state index in [2.05, 4.69) is 33.2 Å². The molecule has 1 amide bonds. The van der Waals surface area contributed by atoms with Crippen LogP contribution in [0.5, 0.6) is 0 Å². The summed E-state index contributed by atoms with van der Waals surface area (Å²) in [4.78, 5) is 16.1. The smallest absolute Gasteiger partial charge is 0.251 e. The fourth-order valence-corrected chi connectivity index (χ4v) is 4.26. The topological polar surface area (TPSA) is 91.1 Å². The SMILES string of the molecule is CS(=O)(=O)Nc1cccc(C(=O)NC[C@H](c2ccccc2)c2c[nH]c3ccccc23)c1. The molecule has 1 aromatic heterocycles. The average Bonchev–Trinajstić information content (AvgIpc) is 3.18. The van der Waals surface area contributed by atoms with Crippen molar-refractivity contribution in [1.82, 2.24) is 10.3 Å². The molecule has 0 aliphatic carbocycles. The molecular weight excluding hydrogens is 410 g/mol. The van der Waals surface area contributed by atoms with Crippen molar-refractivity contribution in [2.45, 2.75) is 5.92 Å². The number of carbonyl (C=O) groups is 1. The second kappa shape index (κ2) is 8.65. The summed E-state index contributed by atoms with van der Waals surface area (Å²) in [7, 11) is -3.42. The number of carbonyl (C=O) groups excluding carboxylic acids is 1. The number of hydrogen-bond donors (Lipinski definition) is 3. The molecule has 0 aliphatic heterocycles. The summed E-state index contributed by atoms with van der Waals surface area (Å²) in [6.07, 6.45) is 3.07. The highest BCUT2D eigenvalue weighted by Gasteiger charge is 2.19. The molecule has 0 saturated carbocycles. The molecule has 1 atom stereocenters. The zero-order valence-electron chi connectivity index (χ0n) is 17.0. The van der Waals surface area contributed by atoms with Crippen LogP contribution in [0.3, 0.4) is 0 Å². The molecule has 7 heteroatoms. The molecule has 1 heterocycles. The summed E-state index contributed by atoms with van der Waals surface area (Å²) in [6, 6.07) is 24.6. The maximum absolute atomic E-state index is 12.8. The minimum atomic E-state index is -3.42. The molecule has 3 N–H and O–H groups in total. The Kier molecular flexibility index (Phi) is 5.77. The van der Waals surface area contributed by atoms with Crippen molar-refractivity contribution in [2.24, 2.45) is 0 Å². The van der Waals surface area contributed by atoms with Gasteiger partial charge < -0.3 is 10.3 Å². The number of nitrogens with one attached hydrogen (secondary N) is 3. The normalized spacial score (nSPS) is 12.4. The molecule has 0 unspecified atom stereocenters. The summed E-state index contributed by atoms with van der Waals surface area (Å²) in [5.41, 5.74) is 3.99. The van der Waals surface area contributed by atoms with E-state index >= 15 is 0 Å². The minimum Gasteiger partial charge on any atom is -0.361 e. The van der Waals surface area contributed by atoms with Gasteiger partial charge in [-0.25, -0.2) is 8.42 Å². The standard InChI is InChI=1S/C24H23N3O3S/c1-31(29,30)27-19-11-7-10-18(14-19)24(28)26-15-21(17-8-3-2-4-9-17)22-16-25-23-13-6-5-12-20(22)23/h2-14,16,21,25,27H,15H2,1H3,(H,26,28)/t21-/m1/s1. The van der Waals surface area contributed by atoms with Crippen LogP contribution in [0.4, 0.5) is 5.69 Å². The molecule has 0 saturated heterocycles. The van der Waals surface area contributed by atoms with Crippen LogP contribution in [0.1, 0.15) is 27.4 Å². The third-order valence-corrected chi connectivity index (χ3v) is 5.70. The van der Waals surface area contributed by atoms with Crippen molar-refractivity contribution < 1.29 is 13.2 Å². The van der Waals surface area contributed by atoms with Gasteiger partial charge in [-0.2, -0.15) is 0 Å². The van der Waals surface area contributed by atoms with Gasteiger partial charge in [0.25, 0.3) is 5.91 Å². The molecule has 6 nitrogen and oxygen atoms in total. The van der Waals surface area contributed by atoms with E-state index < -0.39 is 10.0 Å². The Bertz CT molecular complexity index is 1310. The number of H-pyrrole nitrogens is 1. The third kappa shape index (κ3) is 4.95. The molecular formula is C24H23N3O3S. The lowest BCUT2D eigenvalue weighted by Gasteiger charge is -2.18. The molecule has 0 fully saturated rings. The first kappa shape index (κ1) is 20.7. The summed E-state index contributed by atoms with van der Waals surface area (Å²) in [5.74, 6) is -0.309. The predicted octanol–water partition coefficient (Wildman–Crippen LogP) is 4.10. The van der Waals surface area contributed by atoms with Gasteiger partial charge in [-0.05, 0) is 35.4 Å². The highest BCUT2D eigenvalue weighted by atomic mass is 32.2. The van der Waals surface area contributed by atoms with Gasteiger partial charge in [0.1, 0.15) is 0 Å². The van der Waals surface area contributed by atoms with Crippen molar-refractivity contribution in [3.05, 3.63) is 102 Å². The predicted molar refractivity (Wildman–Crippen MR) is 124 cm³/mol. The fourth-order valence-electron chi connectivity index (χ4n) is 3.71. The number of rotatable bonds is 7. The van der Waals surface area contributed by atoms with E-state index in [0.29, 0.717) is 17.8 Å². The molecule has 0 radical (unpaired) electrons. The number of aromatic amines is 1. The number of hydrogen-bond acceptors (Lipinski definition) is 3. The van der Waals surface area contributed by atoms with Crippen LogP contribution in [-0.2, 0) is 10.0 Å². The largest absolute Gasteiger partial charge is 0.361 e. The number of aromatic nitrogens is 1. The number of fused-ring (bicyclic) bond motifs is 1. The third-order valence-electron chi connectivity index (χ3n) is 5.09. The van der Waals surface area contributed by atoms with Gasteiger partial charge in [-0.3, -0.25) is 9.52 Å². The Labute approximate surface area is 181 Å².